The predicted octanol–water partition coefficient (Wildman–Crippen LogP) is 2.78. The standard InChI is InChI=1S/C14H19BCl2FNO4S/c1-14(2)19(15(3)20)11(8-18)12(23-14)9-4-6-10(7-5-9)24(21,22)13(16)17/h4-7,11-13,20H,8H2,1-3H3/t11?,12-/m1/s1. The minimum Gasteiger partial charge on any atom is -0.437 e. The maximum absolute atomic E-state index is 13.6. The van der Waals surface area contributed by atoms with Crippen molar-refractivity contribution < 1.29 is 22.6 Å². The van der Waals surface area contributed by atoms with Gasteiger partial charge in [0.25, 0.3) is 0 Å². The molecule has 2 atom stereocenters. The van der Waals surface area contributed by atoms with Crippen LogP contribution in [-0.2, 0) is 14.6 Å². The van der Waals surface area contributed by atoms with E-state index in [1.807, 2.05) is 0 Å². The number of hydrogen-bond acceptors (Lipinski definition) is 5. The number of rotatable bonds is 5. The molecule has 5 nitrogen and oxygen atoms in total. The van der Waals surface area contributed by atoms with E-state index in [9.17, 15) is 17.8 Å². The highest BCUT2D eigenvalue weighted by Crippen LogP contribution is 2.41. The van der Waals surface area contributed by atoms with E-state index in [1.165, 1.54) is 24.3 Å². The molecule has 1 saturated heterocycles. The second-order valence-electron chi connectivity index (χ2n) is 6.12. The lowest BCUT2D eigenvalue weighted by Crippen LogP contribution is -2.52. The first-order valence-corrected chi connectivity index (χ1v) is 9.76. The monoisotopic (exact) mass is 397 g/mol. The van der Waals surface area contributed by atoms with Crippen molar-refractivity contribution in [3.63, 3.8) is 0 Å². The van der Waals surface area contributed by atoms with Gasteiger partial charge >= 0.3 is 7.05 Å². The number of halogens is 3. The number of alkyl halides is 3. The van der Waals surface area contributed by atoms with Crippen LogP contribution in [0.2, 0.25) is 6.82 Å². The summed E-state index contributed by atoms with van der Waals surface area (Å²) in [4.78, 5) is 1.53. The zero-order chi connectivity index (χ0) is 18.3. The summed E-state index contributed by atoms with van der Waals surface area (Å²) < 4.78 is 41.8. The molecule has 0 radical (unpaired) electrons. The predicted molar refractivity (Wildman–Crippen MR) is 92.5 cm³/mol. The van der Waals surface area contributed by atoms with Gasteiger partial charge in [-0.2, -0.15) is 0 Å². The van der Waals surface area contributed by atoms with Gasteiger partial charge < -0.3 is 9.76 Å². The van der Waals surface area contributed by atoms with Crippen molar-refractivity contribution >= 4 is 40.1 Å². The van der Waals surface area contributed by atoms with Crippen molar-refractivity contribution in [2.45, 2.75) is 47.6 Å². The summed E-state index contributed by atoms with van der Waals surface area (Å²) in [6, 6.07) is 5.12. The molecule has 1 aliphatic heterocycles. The molecule has 0 saturated carbocycles. The molecule has 0 aromatic heterocycles. The molecule has 1 aliphatic rings. The number of benzene rings is 1. The molecule has 24 heavy (non-hydrogen) atoms. The van der Waals surface area contributed by atoms with Crippen molar-refractivity contribution in [3.05, 3.63) is 29.8 Å². The lowest BCUT2D eigenvalue weighted by molar-refractivity contribution is -0.0557. The van der Waals surface area contributed by atoms with Gasteiger partial charge in [0, 0.05) is 0 Å². The van der Waals surface area contributed by atoms with E-state index in [2.05, 4.69) is 0 Å². The molecule has 0 aliphatic carbocycles. The van der Waals surface area contributed by atoms with E-state index >= 15 is 0 Å². The quantitative estimate of drug-likeness (QED) is 0.611. The van der Waals surface area contributed by atoms with Crippen molar-refractivity contribution in [1.29, 1.82) is 0 Å². The van der Waals surface area contributed by atoms with Gasteiger partial charge in [-0.3, -0.25) is 4.81 Å². The van der Waals surface area contributed by atoms with Crippen molar-refractivity contribution in [1.82, 2.24) is 4.81 Å². The fraction of sp³-hybridized carbons (Fsp3) is 0.571. The Morgan fingerprint density at radius 3 is 2.33 bits per heavy atom. The molecule has 1 aromatic rings. The Hall–Kier alpha value is -0.375. The number of hydrogen-bond donors (Lipinski definition) is 1. The van der Waals surface area contributed by atoms with Gasteiger partial charge in [0.05, 0.1) is 10.9 Å². The first kappa shape index (κ1) is 19.9. The summed E-state index contributed by atoms with van der Waals surface area (Å²) in [6.07, 6.45) is -0.640. The second kappa shape index (κ2) is 7.09. The Kier molecular flexibility index (Phi) is 5.89. The average molecular weight is 398 g/mol. The van der Waals surface area contributed by atoms with Crippen molar-refractivity contribution in [2.24, 2.45) is 0 Å². The molecule has 0 amide bonds. The van der Waals surface area contributed by atoms with E-state index in [1.54, 1.807) is 25.5 Å². The van der Waals surface area contributed by atoms with Crippen LogP contribution < -0.4 is 0 Å². The first-order valence-electron chi connectivity index (χ1n) is 7.34. The summed E-state index contributed by atoms with van der Waals surface area (Å²) in [5.74, 6) is 0. The maximum Gasteiger partial charge on any atom is 0.379 e. The van der Waals surface area contributed by atoms with Crippen LogP contribution in [0.3, 0.4) is 0 Å². The topological polar surface area (TPSA) is 66.8 Å². The summed E-state index contributed by atoms with van der Waals surface area (Å²) in [5.41, 5.74) is -0.258. The summed E-state index contributed by atoms with van der Waals surface area (Å²) in [6.45, 7) is 4.32. The highest BCUT2D eigenvalue weighted by Gasteiger charge is 2.50. The molecule has 134 valence electrons. The third-order valence-corrected chi connectivity index (χ3v) is 6.88. The Morgan fingerprint density at radius 2 is 1.92 bits per heavy atom. The fourth-order valence-electron chi connectivity index (χ4n) is 3.12. The Balaban J connectivity index is 2.35. The smallest absolute Gasteiger partial charge is 0.379 e. The highest BCUT2D eigenvalue weighted by molar-refractivity contribution is 7.94. The first-order chi connectivity index (χ1) is 11.0. The third kappa shape index (κ3) is 3.59. The van der Waals surface area contributed by atoms with Crippen LogP contribution in [0.1, 0.15) is 25.5 Å². The summed E-state index contributed by atoms with van der Waals surface area (Å²) in [5, 5.41) is 9.94. The van der Waals surface area contributed by atoms with Gasteiger partial charge in [0.2, 0.25) is 14.0 Å². The van der Waals surface area contributed by atoms with E-state index < -0.39 is 45.6 Å². The number of nitrogens with zero attached hydrogens (tertiary/aromatic N) is 1. The zero-order valence-corrected chi connectivity index (χ0v) is 15.8. The molecular formula is C14H19BCl2FNO4S. The molecule has 10 heteroatoms. The van der Waals surface area contributed by atoms with Crippen LogP contribution >= 0.6 is 23.2 Å². The van der Waals surface area contributed by atoms with Crippen molar-refractivity contribution in [2.75, 3.05) is 6.67 Å². The van der Waals surface area contributed by atoms with E-state index in [0.717, 1.165) is 0 Å². The number of ether oxygens (including phenoxy) is 1. The Morgan fingerprint density at radius 1 is 1.38 bits per heavy atom. The molecule has 1 N–H and O–H groups in total. The Bertz CT molecular complexity index is 685. The van der Waals surface area contributed by atoms with Crippen LogP contribution in [0.4, 0.5) is 4.39 Å². The lowest BCUT2D eigenvalue weighted by atomic mass is 9.80. The molecule has 1 fully saturated rings. The summed E-state index contributed by atoms with van der Waals surface area (Å²) >= 11 is 11.0. The maximum atomic E-state index is 13.6. The minimum absolute atomic E-state index is 0.0253. The summed E-state index contributed by atoms with van der Waals surface area (Å²) in [7, 11) is -4.71. The van der Waals surface area contributed by atoms with Gasteiger partial charge in [-0.15, -0.1) is 0 Å². The van der Waals surface area contributed by atoms with Gasteiger partial charge in [-0.1, -0.05) is 35.3 Å². The zero-order valence-electron chi connectivity index (χ0n) is 13.5. The van der Waals surface area contributed by atoms with Crippen LogP contribution in [0, 0.1) is 0 Å². The number of sulfone groups is 1. The van der Waals surface area contributed by atoms with Crippen LogP contribution in [0.25, 0.3) is 0 Å². The molecule has 2 rings (SSSR count). The Labute approximate surface area is 151 Å². The van der Waals surface area contributed by atoms with E-state index in [0.29, 0.717) is 5.56 Å². The van der Waals surface area contributed by atoms with Gasteiger partial charge in [0.1, 0.15) is 18.5 Å². The highest BCUT2D eigenvalue weighted by atomic mass is 35.5. The molecular weight excluding hydrogens is 379 g/mol. The fourth-order valence-corrected chi connectivity index (χ4v) is 4.46. The largest absolute Gasteiger partial charge is 0.437 e. The molecule has 1 unspecified atom stereocenters. The molecule has 0 spiro atoms. The van der Waals surface area contributed by atoms with Crippen LogP contribution in [-0.4, -0.2) is 47.9 Å². The van der Waals surface area contributed by atoms with E-state index in [-0.39, 0.29) is 4.90 Å². The molecule has 1 heterocycles. The SMILES string of the molecule is CB(O)N1C(CF)[C@@H](c2ccc(S(=O)(=O)C(Cl)Cl)cc2)OC1(C)C. The van der Waals surface area contributed by atoms with Crippen LogP contribution in [0.15, 0.2) is 29.2 Å². The van der Waals surface area contributed by atoms with Gasteiger partial charge in [-0.05, 0) is 38.4 Å². The third-order valence-electron chi connectivity index (χ3n) is 4.08. The molecule has 1 aromatic carbocycles. The van der Waals surface area contributed by atoms with Gasteiger partial charge in [0.15, 0.2) is 0 Å². The minimum atomic E-state index is -3.82. The average Bonchev–Trinajstić information content (AvgIpc) is 2.78. The lowest BCUT2D eigenvalue weighted by Gasteiger charge is -2.33. The van der Waals surface area contributed by atoms with Crippen molar-refractivity contribution in [3.8, 4) is 0 Å². The second-order valence-corrected chi connectivity index (χ2v) is 9.77. The molecule has 0 bridgehead atoms. The normalized spacial score (nSPS) is 24.5. The van der Waals surface area contributed by atoms with Crippen LogP contribution in [0.5, 0.6) is 0 Å². The van der Waals surface area contributed by atoms with E-state index in [4.69, 9.17) is 27.9 Å². The van der Waals surface area contributed by atoms with Gasteiger partial charge in [-0.25, -0.2) is 12.8 Å².